The van der Waals surface area contributed by atoms with Crippen LogP contribution in [-0.4, -0.2) is 32.3 Å². The Kier molecular flexibility index (Phi) is 13.3. The summed E-state index contributed by atoms with van der Waals surface area (Å²) >= 11 is 0. The summed E-state index contributed by atoms with van der Waals surface area (Å²) in [6, 6.07) is 17.1. The van der Waals surface area contributed by atoms with E-state index < -0.39 is 0 Å². The first kappa shape index (κ1) is 24.4. The van der Waals surface area contributed by atoms with Crippen LogP contribution < -0.4 is 10.6 Å². The van der Waals surface area contributed by atoms with Crippen molar-refractivity contribution >= 4 is 29.9 Å². The molecule has 2 rings (SSSR count). The minimum absolute atomic E-state index is 0. The Hall–Kier alpha value is -1.67. The summed E-state index contributed by atoms with van der Waals surface area (Å²) in [7, 11) is 0. The molecule has 0 spiro atoms. The Morgan fingerprint density at radius 3 is 2.46 bits per heavy atom. The Bertz CT molecular complexity index is 682. The van der Waals surface area contributed by atoms with Crippen molar-refractivity contribution in [1.82, 2.24) is 10.6 Å². The summed E-state index contributed by atoms with van der Waals surface area (Å²) in [5, 5.41) is 6.47. The highest BCUT2D eigenvalue weighted by atomic mass is 127. The van der Waals surface area contributed by atoms with Crippen molar-refractivity contribution in [3.63, 3.8) is 0 Å². The molecule has 154 valence electrons. The van der Waals surface area contributed by atoms with Gasteiger partial charge in [0.05, 0.1) is 13.2 Å². The minimum Gasteiger partial charge on any atom is -0.381 e. The van der Waals surface area contributed by atoms with Crippen molar-refractivity contribution in [2.75, 3.05) is 26.3 Å². The van der Waals surface area contributed by atoms with E-state index in [9.17, 15) is 4.39 Å². The molecule has 0 saturated heterocycles. The van der Waals surface area contributed by atoms with E-state index in [0.29, 0.717) is 18.1 Å². The van der Waals surface area contributed by atoms with Crippen molar-refractivity contribution < 1.29 is 9.13 Å². The molecule has 0 unspecified atom stereocenters. The molecular formula is C22H31FIN3O. The number of nitrogens with one attached hydrogen (secondary N) is 2. The number of rotatable bonds is 11. The lowest BCUT2D eigenvalue weighted by Gasteiger charge is -2.11. The molecule has 0 radical (unpaired) electrons. The Morgan fingerprint density at radius 2 is 1.71 bits per heavy atom. The van der Waals surface area contributed by atoms with Crippen molar-refractivity contribution in [3.8, 4) is 0 Å². The second kappa shape index (κ2) is 15.3. The third-order valence-corrected chi connectivity index (χ3v) is 4.10. The average molecular weight is 499 g/mol. The van der Waals surface area contributed by atoms with Crippen LogP contribution in [0.25, 0.3) is 0 Å². The number of aliphatic imine (C=N–C) groups is 1. The molecular weight excluding hydrogens is 468 g/mol. The summed E-state index contributed by atoms with van der Waals surface area (Å²) in [5.74, 6) is 0.496. The van der Waals surface area contributed by atoms with E-state index in [-0.39, 0.29) is 29.8 Å². The fraction of sp³-hybridized carbons (Fsp3) is 0.409. The van der Waals surface area contributed by atoms with E-state index >= 15 is 0 Å². The summed E-state index contributed by atoms with van der Waals surface area (Å²) in [6.45, 7) is 5.43. The van der Waals surface area contributed by atoms with E-state index in [1.54, 1.807) is 12.1 Å². The van der Waals surface area contributed by atoms with Gasteiger partial charge in [0.15, 0.2) is 5.96 Å². The predicted molar refractivity (Wildman–Crippen MR) is 125 cm³/mol. The van der Waals surface area contributed by atoms with Crippen LogP contribution in [-0.2, 0) is 17.7 Å². The molecule has 0 aliphatic carbocycles. The maximum atomic E-state index is 13.7. The van der Waals surface area contributed by atoms with Gasteiger partial charge < -0.3 is 15.4 Å². The SMILES string of the molecule is CCNC(=NCc1ccccc1F)NCCCCOCCc1ccccc1.I. The van der Waals surface area contributed by atoms with Crippen LogP contribution >= 0.6 is 24.0 Å². The molecule has 2 aromatic rings. The van der Waals surface area contributed by atoms with Gasteiger partial charge in [-0.1, -0.05) is 48.5 Å². The van der Waals surface area contributed by atoms with Gasteiger partial charge in [0.2, 0.25) is 0 Å². The Morgan fingerprint density at radius 1 is 0.964 bits per heavy atom. The van der Waals surface area contributed by atoms with Crippen LogP contribution in [0.15, 0.2) is 59.6 Å². The lowest BCUT2D eigenvalue weighted by molar-refractivity contribution is 0.133. The van der Waals surface area contributed by atoms with Crippen LogP contribution in [0.3, 0.4) is 0 Å². The van der Waals surface area contributed by atoms with Crippen molar-refractivity contribution in [3.05, 3.63) is 71.5 Å². The first-order valence-corrected chi connectivity index (χ1v) is 9.67. The summed E-state index contributed by atoms with van der Waals surface area (Å²) in [4.78, 5) is 4.45. The Balaban J connectivity index is 0.00000392. The number of nitrogens with zero attached hydrogens (tertiary/aromatic N) is 1. The lowest BCUT2D eigenvalue weighted by atomic mass is 10.2. The van der Waals surface area contributed by atoms with Gasteiger partial charge in [-0.3, -0.25) is 0 Å². The van der Waals surface area contributed by atoms with Crippen LogP contribution in [0.2, 0.25) is 0 Å². The van der Waals surface area contributed by atoms with E-state index in [1.165, 1.54) is 11.6 Å². The van der Waals surface area contributed by atoms with Gasteiger partial charge in [0.25, 0.3) is 0 Å². The molecule has 0 fully saturated rings. The molecule has 0 amide bonds. The lowest BCUT2D eigenvalue weighted by Crippen LogP contribution is -2.37. The number of benzene rings is 2. The number of hydrogen-bond acceptors (Lipinski definition) is 2. The fourth-order valence-corrected chi connectivity index (χ4v) is 2.61. The number of unbranched alkanes of at least 4 members (excludes halogenated alkanes) is 1. The van der Waals surface area contributed by atoms with Gasteiger partial charge in [-0.25, -0.2) is 9.38 Å². The first-order chi connectivity index (χ1) is 13.3. The molecule has 0 saturated carbocycles. The number of halogens is 2. The largest absolute Gasteiger partial charge is 0.381 e. The summed E-state index contributed by atoms with van der Waals surface area (Å²) in [5.41, 5.74) is 1.90. The molecule has 0 heterocycles. The zero-order chi connectivity index (χ0) is 19.2. The topological polar surface area (TPSA) is 45.7 Å². The monoisotopic (exact) mass is 499 g/mol. The molecule has 0 bridgehead atoms. The third kappa shape index (κ3) is 10.0. The molecule has 6 heteroatoms. The predicted octanol–water partition coefficient (Wildman–Crippen LogP) is 4.54. The van der Waals surface area contributed by atoms with Crippen molar-refractivity contribution in [2.24, 2.45) is 4.99 Å². The highest BCUT2D eigenvalue weighted by Gasteiger charge is 2.01. The van der Waals surface area contributed by atoms with Gasteiger partial charge in [-0.2, -0.15) is 0 Å². The zero-order valence-electron chi connectivity index (χ0n) is 16.5. The molecule has 2 N–H and O–H groups in total. The van der Waals surface area contributed by atoms with Crippen LogP contribution in [0.4, 0.5) is 4.39 Å². The van der Waals surface area contributed by atoms with Crippen molar-refractivity contribution in [1.29, 1.82) is 0 Å². The highest BCUT2D eigenvalue weighted by molar-refractivity contribution is 14.0. The average Bonchev–Trinajstić information content (AvgIpc) is 2.70. The standard InChI is InChI=1S/C22H30FN3O.HI/c1-2-24-22(26-18-20-12-6-7-13-21(20)23)25-15-8-9-16-27-17-14-19-10-4-3-5-11-19;/h3-7,10-13H,2,8-9,14-18H2,1H3,(H2,24,25,26);1H. The molecule has 4 nitrogen and oxygen atoms in total. The maximum Gasteiger partial charge on any atom is 0.191 e. The van der Waals surface area contributed by atoms with Gasteiger partial charge in [-0.15, -0.1) is 24.0 Å². The van der Waals surface area contributed by atoms with Crippen LogP contribution in [0, 0.1) is 5.82 Å². The second-order valence-electron chi connectivity index (χ2n) is 6.27. The molecule has 28 heavy (non-hydrogen) atoms. The molecule has 0 aliphatic rings. The van der Waals surface area contributed by atoms with Gasteiger partial charge in [0.1, 0.15) is 5.82 Å². The Labute approximate surface area is 185 Å². The van der Waals surface area contributed by atoms with E-state index in [4.69, 9.17) is 4.74 Å². The first-order valence-electron chi connectivity index (χ1n) is 9.67. The van der Waals surface area contributed by atoms with Crippen LogP contribution in [0.5, 0.6) is 0 Å². The van der Waals surface area contributed by atoms with E-state index in [0.717, 1.165) is 45.6 Å². The number of ether oxygens (including phenoxy) is 1. The number of hydrogen-bond donors (Lipinski definition) is 2. The normalized spacial score (nSPS) is 11.0. The molecule has 0 aromatic heterocycles. The third-order valence-electron chi connectivity index (χ3n) is 4.10. The van der Waals surface area contributed by atoms with E-state index in [1.807, 2.05) is 19.1 Å². The molecule has 0 atom stereocenters. The number of guanidine groups is 1. The van der Waals surface area contributed by atoms with Crippen molar-refractivity contribution in [2.45, 2.75) is 32.7 Å². The van der Waals surface area contributed by atoms with Gasteiger partial charge in [0, 0.05) is 25.3 Å². The maximum absolute atomic E-state index is 13.7. The quantitative estimate of drug-likeness (QED) is 0.207. The summed E-state index contributed by atoms with van der Waals surface area (Å²) < 4.78 is 19.4. The zero-order valence-corrected chi connectivity index (χ0v) is 18.8. The highest BCUT2D eigenvalue weighted by Crippen LogP contribution is 2.07. The van der Waals surface area contributed by atoms with E-state index in [2.05, 4.69) is 39.9 Å². The van der Waals surface area contributed by atoms with Crippen LogP contribution in [0.1, 0.15) is 30.9 Å². The fourth-order valence-electron chi connectivity index (χ4n) is 2.61. The minimum atomic E-state index is -0.218. The van der Waals surface area contributed by atoms with Gasteiger partial charge >= 0.3 is 0 Å². The second-order valence-corrected chi connectivity index (χ2v) is 6.27. The molecule has 2 aromatic carbocycles. The van der Waals surface area contributed by atoms with Gasteiger partial charge in [-0.05, 0) is 37.8 Å². The smallest absolute Gasteiger partial charge is 0.191 e. The summed E-state index contributed by atoms with van der Waals surface area (Å²) in [6.07, 6.45) is 2.94. The molecule has 0 aliphatic heterocycles.